The minimum Gasteiger partial charge on any atom is -0.461 e. The molecule has 26 heavy (non-hydrogen) atoms. The monoisotopic (exact) mass is 349 g/mol. The number of aromatic nitrogens is 2. The Kier molecular flexibility index (Phi) is 5.07. The van der Waals surface area contributed by atoms with Crippen molar-refractivity contribution in [1.29, 1.82) is 0 Å². The molecule has 2 heterocycles. The molecular formula is C21H23N3O2. The molecule has 5 nitrogen and oxygen atoms in total. The highest BCUT2D eigenvalue weighted by Crippen LogP contribution is 2.32. The molecule has 3 rings (SSSR count). The lowest BCUT2D eigenvalue weighted by molar-refractivity contribution is 0.0519. The summed E-state index contributed by atoms with van der Waals surface area (Å²) in [4.78, 5) is 22.0. The van der Waals surface area contributed by atoms with Crippen molar-refractivity contribution in [2.75, 3.05) is 24.6 Å². The van der Waals surface area contributed by atoms with Gasteiger partial charge in [-0.3, -0.25) is 0 Å². The quantitative estimate of drug-likeness (QED) is 0.508. The van der Waals surface area contributed by atoms with Gasteiger partial charge in [-0.15, -0.1) is 13.2 Å². The standard InChI is InChI=1S/C21H23N3O2/c1-5-10-24(11-6-2)15-8-9-17-16(12-15)19-14(4)20(21(25)26-7-3)22-13-18(19)23-17/h5-6,8-9,12-13,23H,1-2,7,10-11H2,3-4H3. The van der Waals surface area contributed by atoms with E-state index in [9.17, 15) is 4.79 Å². The first-order valence-corrected chi connectivity index (χ1v) is 8.65. The number of aryl methyl sites for hydroxylation is 1. The molecule has 1 aromatic carbocycles. The first kappa shape index (κ1) is 17.7. The van der Waals surface area contributed by atoms with E-state index in [-0.39, 0.29) is 0 Å². The first-order chi connectivity index (χ1) is 12.6. The van der Waals surface area contributed by atoms with Crippen molar-refractivity contribution in [3.8, 4) is 0 Å². The second kappa shape index (κ2) is 7.44. The number of nitrogens with one attached hydrogen (secondary N) is 1. The third kappa shape index (κ3) is 3.08. The third-order valence-electron chi connectivity index (χ3n) is 4.40. The number of rotatable bonds is 7. The van der Waals surface area contributed by atoms with Crippen LogP contribution in [-0.4, -0.2) is 35.6 Å². The van der Waals surface area contributed by atoms with Crippen LogP contribution in [0.15, 0.2) is 49.7 Å². The first-order valence-electron chi connectivity index (χ1n) is 8.65. The SMILES string of the molecule is C=CCN(CC=C)c1ccc2[nH]c3cnc(C(=O)OCC)c(C)c3c2c1. The van der Waals surface area contributed by atoms with E-state index < -0.39 is 5.97 Å². The topological polar surface area (TPSA) is 58.2 Å². The highest BCUT2D eigenvalue weighted by molar-refractivity contribution is 6.11. The molecule has 0 aliphatic carbocycles. The van der Waals surface area contributed by atoms with Gasteiger partial charge >= 0.3 is 5.97 Å². The Morgan fingerprint density at radius 1 is 1.27 bits per heavy atom. The zero-order valence-electron chi connectivity index (χ0n) is 15.2. The Balaban J connectivity index is 2.19. The lowest BCUT2D eigenvalue weighted by Crippen LogP contribution is -2.22. The molecule has 0 unspecified atom stereocenters. The van der Waals surface area contributed by atoms with E-state index in [1.807, 2.05) is 25.1 Å². The number of aromatic amines is 1. The molecule has 1 N–H and O–H groups in total. The number of ether oxygens (including phenoxy) is 1. The summed E-state index contributed by atoms with van der Waals surface area (Å²) in [6, 6.07) is 6.25. The van der Waals surface area contributed by atoms with Gasteiger partial charge in [-0.1, -0.05) is 12.2 Å². The van der Waals surface area contributed by atoms with Crippen molar-refractivity contribution in [3.63, 3.8) is 0 Å². The van der Waals surface area contributed by atoms with Crippen LogP contribution in [0.4, 0.5) is 5.69 Å². The molecular weight excluding hydrogens is 326 g/mol. The van der Waals surface area contributed by atoms with Gasteiger partial charge in [0.25, 0.3) is 0 Å². The Bertz CT molecular complexity index is 978. The second-order valence-corrected chi connectivity index (χ2v) is 6.08. The number of pyridine rings is 1. The number of nitrogens with zero attached hydrogens (tertiary/aromatic N) is 2. The summed E-state index contributed by atoms with van der Waals surface area (Å²) in [7, 11) is 0. The van der Waals surface area contributed by atoms with Crippen molar-refractivity contribution >= 4 is 33.5 Å². The largest absolute Gasteiger partial charge is 0.461 e. The fraction of sp³-hybridized carbons (Fsp3) is 0.238. The van der Waals surface area contributed by atoms with E-state index in [2.05, 4.69) is 40.2 Å². The van der Waals surface area contributed by atoms with Crippen LogP contribution >= 0.6 is 0 Å². The molecule has 0 bridgehead atoms. The van der Waals surface area contributed by atoms with Crippen molar-refractivity contribution < 1.29 is 9.53 Å². The molecule has 0 saturated carbocycles. The Hall–Kier alpha value is -3.08. The Morgan fingerprint density at radius 2 is 2.00 bits per heavy atom. The van der Waals surface area contributed by atoms with Gasteiger partial charge in [0.05, 0.1) is 18.3 Å². The van der Waals surface area contributed by atoms with Crippen LogP contribution in [0.2, 0.25) is 0 Å². The number of benzene rings is 1. The minimum atomic E-state index is -0.391. The summed E-state index contributed by atoms with van der Waals surface area (Å²) < 4.78 is 5.13. The van der Waals surface area contributed by atoms with Gasteiger partial charge in [0, 0.05) is 35.1 Å². The zero-order chi connectivity index (χ0) is 18.7. The molecule has 134 valence electrons. The summed E-state index contributed by atoms with van der Waals surface area (Å²) in [5.41, 5.74) is 4.17. The van der Waals surface area contributed by atoms with Gasteiger partial charge in [0.2, 0.25) is 0 Å². The van der Waals surface area contributed by atoms with E-state index >= 15 is 0 Å². The van der Waals surface area contributed by atoms with Crippen molar-refractivity contribution in [3.05, 3.63) is 61.0 Å². The van der Waals surface area contributed by atoms with E-state index in [0.29, 0.717) is 12.3 Å². The molecule has 3 aromatic rings. The van der Waals surface area contributed by atoms with Crippen LogP contribution in [0.5, 0.6) is 0 Å². The minimum absolute atomic E-state index is 0.327. The number of hydrogen-bond acceptors (Lipinski definition) is 4. The van der Waals surface area contributed by atoms with E-state index in [0.717, 1.165) is 46.1 Å². The fourth-order valence-corrected chi connectivity index (χ4v) is 3.24. The van der Waals surface area contributed by atoms with Crippen LogP contribution in [-0.2, 0) is 4.74 Å². The van der Waals surface area contributed by atoms with Gasteiger partial charge in [0.15, 0.2) is 5.69 Å². The molecule has 0 aliphatic rings. The number of H-pyrrole nitrogens is 1. The van der Waals surface area contributed by atoms with Crippen LogP contribution < -0.4 is 4.90 Å². The summed E-state index contributed by atoms with van der Waals surface area (Å²) in [6.07, 6.45) is 5.44. The molecule has 0 saturated heterocycles. The highest BCUT2D eigenvalue weighted by atomic mass is 16.5. The lowest BCUT2D eigenvalue weighted by atomic mass is 10.1. The average Bonchev–Trinajstić information content (AvgIpc) is 3.00. The number of carbonyl (C=O) groups is 1. The molecule has 0 amide bonds. The number of fused-ring (bicyclic) bond motifs is 3. The normalized spacial score (nSPS) is 10.8. The van der Waals surface area contributed by atoms with E-state index in [1.165, 1.54) is 0 Å². The predicted molar refractivity (Wildman–Crippen MR) is 107 cm³/mol. The molecule has 0 fully saturated rings. The Morgan fingerprint density at radius 3 is 2.65 bits per heavy atom. The number of carbonyl (C=O) groups excluding carboxylic acids is 1. The van der Waals surface area contributed by atoms with Gasteiger partial charge in [-0.05, 0) is 37.6 Å². The van der Waals surface area contributed by atoms with Gasteiger partial charge in [-0.25, -0.2) is 9.78 Å². The summed E-state index contributed by atoms with van der Waals surface area (Å²) >= 11 is 0. The number of hydrogen-bond donors (Lipinski definition) is 1. The Labute approximate surface area is 153 Å². The maximum Gasteiger partial charge on any atom is 0.357 e. The van der Waals surface area contributed by atoms with E-state index in [4.69, 9.17) is 4.74 Å². The van der Waals surface area contributed by atoms with Gasteiger partial charge in [-0.2, -0.15) is 0 Å². The molecule has 0 spiro atoms. The van der Waals surface area contributed by atoms with Crippen LogP contribution in [0.3, 0.4) is 0 Å². The van der Waals surface area contributed by atoms with Crippen molar-refractivity contribution in [1.82, 2.24) is 9.97 Å². The lowest BCUT2D eigenvalue weighted by Gasteiger charge is -2.21. The summed E-state index contributed by atoms with van der Waals surface area (Å²) in [5, 5.41) is 2.05. The number of esters is 1. The predicted octanol–water partition coefficient (Wildman–Crippen LogP) is 4.38. The number of anilines is 1. The third-order valence-corrected chi connectivity index (χ3v) is 4.40. The van der Waals surface area contributed by atoms with Crippen molar-refractivity contribution in [2.24, 2.45) is 0 Å². The van der Waals surface area contributed by atoms with Crippen LogP contribution in [0.1, 0.15) is 23.0 Å². The molecule has 0 radical (unpaired) electrons. The van der Waals surface area contributed by atoms with Crippen LogP contribution in [0, 0.1) is 6.92 Å². The maximum atomic E-state index is 12.2. The maximum absolute atomic E-state index is 12.2. The van der Waals surface area contributed by atoms with E-state index in [1.54, 1.807) is 13.1 Å². The summed E-state index contributed by atoms with van der Waals surface area (Å²) in [6.45, 7) is 13.2. The molecule has 5 heteroatoms. The summed E-state index contributed by atoms with van der Waals surface area (Å²) in [5.74, 6) is -0.391. The molecule has 2 aromatic heterocycles. The zero-order valence-corrected chi connectivity index (χ0v) is 15.2. The van der Waals surface area contributed by atoms with Gasteiger partial charge < -0.3 is 14.6 Å². The van der Waals surface area contributed by atoms with Crippen LogP contribution in [0.25, 0.3) is 21.8 Å². The highest BCUT2D eigenvalue weighted by Gasteiger charge is 2.18. The molecule has 0 atom stereocenters. The van der Waals surface area contributed by atoms with Crippen molar-refractivity contribution in [2.45, 2.75) is 13.8 Å². The smallest absolute Gasteiger partial charge is 0.357 e. The molecule has 0 aliphatic heterocycles. The second-order valence-electron chi connectivity index (χ2n) is 6.08. The fourth-order valence-electron chi connectivity index (χ4n) is 3.24. The van der Waals surface area contributed by atoms with Gasteiger partial charge in [0.1, 0.15) is 0 Å². The average molecular weight is 349 g/mol.